The van der Waals surface area contributed by atoms with Gasteiger partial charge in [-0.25, -0.2) is 0 Å². The summed E-state index contributed by atoms with van der Waals surface area (Å²) in [6.45, 7) is 13.3. The molecule has 2 aliphatic rings. The van der Waals surface area contributed by atoms with E-state index in [0.29, 0.717) is 12.2 Å². The molecule has 2 fully saturated rings. The van der Waals surface area contributed by atoms with Crippen molar-refractivity contribution in [2.45, 2.75) is 63.6 Å². The van der Waals surface area contributed by atoms with E-state index < -0.39 is 0 Å². The highest BCUT2D eigenvalue weighted by Gasteiger charge is 2.31. The fourth-order valence-electron chi connectivity index (χ4n) is 6.64. The molecule has 0 spiro atoms. The summed E-state index contributed by atoms with van der Waals surface area (Å²) in [6.07, 6.45) is 2.79. The summed E-state index contributed by atoms with van der Waals surface area (Å²) in [5.74, 6) is 0. The summed E-state index contributed by atoms with van der Waals surface area (Å²) >= 11 is 0. The maximum atomic E-state index is 6.66. The maximum Gasteiger partial charge on any atom is 0.0771 e. The second-order valence-electron chi connectivity index (χ2n) is 12.9. The molecule has 0 aromatic heterocycles. The lowest BCUT2D eigenvalue weighted by molar-refractivity contribution is 0.0125. The van der Waals surface area contributed by atoms with Crippen LogP contribution in [-0.2, 0) is 15.6 Å². The monoisotopic (exact) mass is 544 g/mol. The van der Waals surface area contributed by atoms with Gasteiger partial charge in [0.25, 0.3) is 0 Å². The summed E-state index contributed by atoms with van der Waals surface area (Å²) < 4.78 is 6.66. The van der Waals surface area contributed by atoms with Gasteiger partial charge in [-0.2, -0.15) is 0 Å². The van der Waals surface area contributed by atoms with Gasteiger partial charge in [-0.3, -0.25) is 0 Å². The first kappa shape index (κ1) is 27.6. The summed E-state index contributed by atoms with van der Waals surface area (Å²) in [5.41, 5.74) is 7.97. The molecule has 2 unspecified atom stereocenters. The van der Waals surface area contributed by atoms with Gasteiger partial charge in [0.05, 0.1) is 12.2 Å². The highest BCUT2D eigenvalue weighted by Crippen LogP contribution is 2.35. The third-order valence-corrected chi connectivity index (χ3v) is 9.57. The van der Waals surface area contributed by atoms with Crippen LogP contribution < -0.4 is 9.80 Å². The van der Waals surface area contributed by atoms with Crippen molar-refractivity contribution in [2.24, 2.45) is 0 Å². The van der Waals surface area contributed by atoms with Gasteiger partial charge in [-0.1, -0.05) is 113 Å². The molecule has 0 aliphatic carbocycles. The largest absolute Gasteiger partial charge is 0.371 e. The zero-order valence-electron chi connectivity index (χ0n) is 25.1. The molecule has 0 N–H and O–H groups in total. The Bertz CT molecular complexity index is 1300. The first-order chi connectivity index (χ1) is 19.8. The highest BCUT2D eigenvalue weighted by molar-refractivity contribution is 5.52. The molecule has 41 heavy (non-hydrogen) atoms. The summed E-state index contributed by atoms with van der Waals surface area (Å²) in [7, 11) is 0. The molecule has 3 nitrogen and oxygen atoms in total. The van der Waals surface area contributed by atoms with Crippen LogP contribution in [0, 0.1) is 0 Å². The van der Waals surface area contributed by atoms with E-state index in [4.69, 9.17) is 4.74 Å². The van der Waals surface area contributed by atoms with E-state index in [-0.39, 0.29) is 10.8 Å². The van der Waals surface area contributed by atoms with Crippen molar-refractivity contribution in [3.05, 3.63) is 131 Å². The van der Waals surface area contributed by atoms with E-state index in [0.717, 1.165) is 39.0 Å². The number of rotatable bonds is 8. The van der Waals surface area contributed by atoms with Crippen LogP contribution in [0.2, 0.25) is 0 Å². The Balaban J connectivity index is 1.02. The minimum Gasteiger partial charge on any atom is -0.371 e. The molecule has 2 saturated heterocycles. The van der Waals surface area contributed by atoms with E-state index in [9.17, 15) is 0 Å². The van der Waals surface area contributed by atoms with E-state index in [1.807, 2.05) is 0 Å². The van der Waals surface area contributed by atoms with Crippen LogP contribution in [-0.4, -0.2) is 38.4 Å². The first-order valence-corrected chi connectivity index (χ1v) is 15.3. The zero-order chi connectivity index (χ0) is 28.5. The Morgan fingerprint density at radius 2 is 0.829 bits per heavy atom. The fraction of sp³-hybridized carbons (Fsp3) is 0.368. The average Bonchev–Trinajstić information content (AvgIpc) is 3.68. The van der Waals surface area contributed by atoms with E-state index in [1.54, 1.807) is 0 Å². The lowest BCUT2D eigenvalue weighted by Gasteiger charge is -2.27. The van der Waals surface area contributed by atoms with Gasteiger partial charge in [0.15, 0.2) is 0 Å². The molecule has 3 heteroatoms. The number of hydrogen-bond donors (Lipinski definition) is 0. The van der Waals surface area contributed by atoms with Crippen LogP contribution in [0.3, 0.4) is 0 Å². The number of hydrogen-bond acceptors (Lipinski definition) is 3. The minimum atomic E-state index is -0.0107. The third kappa shape index (κ3) is 5.78. The van der Waals surface area contributed by atoms with Crippen molar-refractivity contribution >= 4 is 11.4 Å². The minimum absolute atomic E-state index is 0.0107. The van der Waals surface area contributed by atoms with Crippen LogP contribution in [0.1, 0.15) is 62.8 Å². The van der Waals surface area contributed by atoms with Crippen molar-refractivity contribution < 1.29 is 4.74 Å². The van der Waals surface area contributed by atoms with Gasteiger partial charge in [0.1, 0.15) is 0 Å². The van der Waals surface area contributed by atoms with Crippen molar-refractivity contribution in [3.63, 3.8) is 0 Å². The van der Waals surface area contributed by atoms with Gasteiger partial charge in [0, 0.05) is 48.4 Å². The Hall–Kier alpha value is -3.56. The number of benzene rings is 4. The maximum absolute atomic E-state index is 6.66. The molecular formula is C38H44N2O. The highest BCUT2D eigenvalue weighted by atomic mass is 16.5. The quantitative estimate of drug-likeness (QED) is 0.222. The van der Waals surface area contributed by atoms with Crippen LogP contribution in [0.4, 0.5) is 11.4 Å². The zero-order valence-corrected chi connectivity index (χ0v) is 25.1. The SMILES string of the molecule is CC(C)(c1ccccc1)c1ccc(N2CCC(OC3CCN(c4ccc(C(C)(C)c5ccccc5)cc4)C3)C2)cc1. The predicted molar refractivity (Wildman–Crippen MR) is 172 cm³/mol. The summed E-state index contributed by atoms with van der Waals surface area (Å²) in [4.78, 5) is 4.98. The molecule has 0 bridgehead atoms. The summed E-state index contributed by atoms with van der Waals surface area (Å²) in [6, 6.07) is 40.0. The standard InChI is InChI=1S/C38H44N2O/c1-37(2,29-11-7-5-8-12-29)31-15-19-33(20-16-31)39-25-23-35(27-39)41-36-24-26-40(28-36)34-21-17-32(18-22-34)38(3,4)30-13-9-6-10-14-30/h5-22,35-36H,23-28H2,1-4H3. The number of anilines is 2. The van der Waals surface area contributed by atoms with Gasteiger partial charge in [-0.15, -0.1) is 0 Å². The molecular weight excluding hydrogens is 500 g/mol. The lowest BCUT2D eigenvalue weighted by atomic mass is 9.78. The van der Waals surface area contributed by atoms with E-state index in [1.165, 1.54) is 33.6 Å². The Kier molecular flexibility index (Phi) is 7.66. The van der Waals surface area contributed by atoms with Crippen LogP contribution in [0.5, 0.6) is 0 Å². The fourth-order valence-corrected chi connectivity index (χ4v) is 6.64. The lowest BCUT2D eigenvalue weighted by Crippen LogP contribution is -2.29. The predicted octanol–water partition coefficient (Wildman–Crippen LogP) is 8.21. The van der Waals surface area contributed by atoms with Crippen LogP contribution in [0.25, 0.3) is 0 Å². The van der Waals surface area contributed by atoms with Crippen molar-refractivity contribution in [3.8, 4) is 0 Å². The molecule has 2 aliphatic heterocycles. The topological polar surface area (TPSA) is 15.7 Å². The third-order valence-electron chi connectivity index (χ3n) is 9.57. The van der Waals surface area contributed by atoms with Crippen LogP contribution >= 0.6 is 0 Å². The molecule has 4 aromatic rings. The van der Waals surface area contributed by atoms with Gasteiger partial charge in [-0.05, 0) is 59.4 Å². The van der Waals surface area contributed by atoms with Crippen molar-refractivity contribution in [1.82, 2.24) is 0 Å². The Morgan fingerprint density at radius 3 is 1.20 bits per heavy atom. The Labute approximate surface area is 246 Å². The van der Waals surface area contributed by atoms with Crippen LogP contribution in [0.15, 0.2) is 109 Å². The number of nitrogens with zero attached hydrogens (tertiary/aromatic N) is 2. The average molecular weight is 545 g/mol. The molecule has 2 heterocycles. The Morgan fingerprint density at radius 1 is 0.488 bits per heavy atom. The van der Waals surface area contributed by atoms with Gasteiger partial charge < -0.3 is 14.5 Å². The van der Waals surface area contributed by atoms with E-state index >= 15 is 0 Å². The molecule has 212 valence electrons. The van der Waals surface area contributed by atoms with Crippen molar-refractivity contribution in [1.29, 1.82) is 0 Å². The molecule has 0 amide bonds. The number of ether oxygens (including phenoxy) is 1. The normalized spacial score (nSPS) is 19.6. The summed E-state index contributed by atoms with van der Waals surface area (Å²) in [5, 5.41) is 0. The van der Waals surface area contributed by atoms with Gasteiger partial charge >= 0.3 is 0 Å². The molecule has 0 radical (unpaired) electrons. The smallest absolute Gasteiger partial charge is 0.0771 e. The second-order valence-corrected chi connectivity index (χ2v) is 12.9. The van der Waals surface area contributed by atoms with Gasteiger partial charge in [0.2, 0.25) is 0 Å². The second kappa shape index (κ2) is 11.4. The molecule has 6 rings (SSSR count). The molecule has 2 atom stereocenters. The molecule has 0 saturated carbocycles. The van der Waals surface area contributed by atoms with Crippen molar-refractivity contribution in [2.75, 3.05) is 36.0 Å². The molecule has 4 aromatic carbocycles. The van der Waals surface area contributed by atoms with E-state index in [2.05, 4.69) is 147 Å². The first-order valence-electron chi connectivity index (χ1n) is 15.3.